The number of nitrogens with zero attached hydrogens (tertiary/aromatic N) is 3. The van der Waals surface area contributed by atoms with Crippen molar-refractivity contribution in [1.82, 2.24) is 9.88 Å². The summed E-state index contributed by atoms with van der Waals surface area (Å²) in [5.74, 6) is -0.0246. The molecule has 4 nitrogen and oxygen atoms in total. The summed E-state index contributed by atoms with van der Waals surface area (Å²) in [5, 5.41) is 1.08. The third kappa shape index (κ3) is 4.56. The molecule has 3 heterocycles. The highest BCUT2D eigenvalue weighted by atomic mass is 35.5. The van der Waals surface area contributed by atoms with Gasteiger partial charge in [0.1, 0.15) is 5.15 Å². The average Bonchev–Trinajstić information content (AvgIpc) is 3.14. The van der Waals surface area contributed by atoms with Crippen LogP contribution >= 0.6 is 23.2 Å². The van der Waals surface area contributed by atoms with E-state index < -0.39 is 0 Å². The molecule has 1 aromatic heterocycles. The molecular formula is C27H25Cl2N3O. The predicted octanol–water partition coefficient (Wildman–Crippen LogP) is 6.10. The molecule has 2 aliphatic heterocycles. The highest BCUT2D eigenvalue weighted by molar-refractivity contribution is 6.30. The molecular weight excluding hydrogens is 453 g/mol. The molecule has 0 saturated carbocycles. The van der Waals surface area contributed by atoms with Gasteiger partial charge in [-0.1, -0.05) is 65.7 Å². The fraction of sp³-hybridized carbons (Fsp3) is 0.259. The monoisotopic (exact) mass is 477 g/mol. The number of halogens is 2. The number of hydrogen-bond acceptors (Lipinski definition) is 3. The second-order valence-electron chi connectivity index (χ2n) is 8.85. The number of para-hydroxylation sites is 1. The van der Waals surface area contributed by atoms with Gasteiger partial charge >= 0.3 is 0 Å². The van der Waals surface area contributed by atoms with Gasteiger partial charge in [0.25, 0.3) is 5.91 Å². The van der Waals surface area contributed by atoms with Crippen molar-refractivity contribution in [3.05, 3.63) is 99.8 Å². The van der Waals surface area contributed by atoms with Crippen LogP contribution in [0.3, 0.4) is 0 Å². The summed E-state index contributed by atoms with van der Waals surface area (Å²) in [4.78, 5) is 21.9. The number of aromatic nitrogens is 1. The summed E-state index contributed by atoms with van der Waals surface area (Å²) in [7, 11) is 0. The van der Waals surface area contributed by atoms with Gasteiger partial charge in [-0.25, -0.2) is 4.98 Å². The smallest absolute Gasteiger partial charge is 0.258 e. The van der Waals surface area contributed by atoms with Crippen molar-refractivity contribution < 1.29 is 4.79 Å². The molecule has 1 spiro atoms. The molecule has 1 amide bonds. The first-order chi connectivity index (χ1) is 16.0. The van der Waals surface area contributed by atoms with Gasteiger partial charge in [-0.2, -0.15) is 0 Å². The molecule has 33 heavy (non-hydrogen) atoms. The number of pyridine rings is 1. The number of piperidine rings is 1. The lowest BCUT2D eigenvalue weighted by Gasteiger charge is -2.40. The third-order valence-electron chi connectivity index (χ3n) is 6.65. The Morgan fingerprint density at radius 2 is 1.88 bits per heavy atom. The van der Waals surface area contributed by atoms with Crippen molar-refractivity contribution in [3.63, 3.8) is 0 Å². The molecule has 1 fully saturated rings. The summed E-state index contributed by atoms with van der Waals surface area (Å²) in [5.41, 5.74) is 3.93. The number of carbonyl (C=O) groups excluding carboxylic acids is 1. The molecule has 5 rings (SSSR count). The summed E-state index contributed by atoms with van der Waals surface area (Å²) in [6.07, 6.45) is 8.12. The second kappa shape index (κ2) is 9.30. The van der Waals surface area contributed by atoms with Crippen molar-refractivity contribution in [1.29, 1.82) is 0 Å². The molecule has 3 aromatic rings. The lowest BCUT2D eigenvalue weighted by atomic mass is 9.75. The van der Waals surface area contributed by atoms with E-state index in [1.54, 1.807) is 18.3 Å². The zero-order valence-corrected chi connectivity index (χ0v) is 19.8. The molecule has 0 bridgehead atoms. The van der Waals surface area contributed by atoms with Gasteiger partial charge in [-0.05, 0) is 60.8 Å². The number of rotatable bonds is 4. The van der Waals surface area contributed by atoms with Gasteiger partial charge < -0.3 is 4.90 Å². The first-order valence-electron chi connectivity index (χ1n) is 11.2. The van der Waals surface area contributed by atoms with Gasteiger partial charge in [0.15, 0.2) is 0 Å². The summed E-state index contributed by atoms with van der Waals surface area (Å²) >= 11 is 12.0. The van der Waals surface area contributed by atoms with Crippen LogP contribution < -0.4 is 4.90 Å². The average molecular weight is 478 g/mol. The lowest BCUT2D eigenvalue weighted by Crippen LogP contribution is -2.49. The van der Waals surface area contributed by atoms with E-state index in [0.29, 0.717) is 17.3 Å². The molecule has 1 unspecified atom stereocenters. The largest absolute Gasteiger partial charge is 0.307 e. The number of anilines is 1. The number of amides is 1. The molecule has 1 atom stereocenters. The number of likely N-dealkylation sites (tertiary alicyclic amines) is 1. The number of fused-ring (bicyclic) bond motifs is 2. The van der Waals surface area contributed by atoms with Gasteiger partial charge in [0, 0.05) is 47.5 Å². The highest BCUT2D eigenvalue weighted by Crippen LogP contribution is 2.46. The van der Waals surface area contributed by atoms with Crippen molar-refractivity contribution in [2.75, 3.05) is 31.1 Å². The van der Waals surface area contributed by atoms with E-state index in [9.17, 15) is 4.79 Å². The summed E-state index contributed by atoms with van der Waals surface area (Å²) in [6, 6.07) is 19.6. The molecule has 168 valence electrons. The fourth-order valence-electron chi connectivity index (χ4n) is 5.15. The van der Waals surface area contributed by atoms with Gasteiger partial charge in [0.2, 0.25) is 0 Å². The lowest BCUT2D eigenvalue weighted by molar-refractivity contribution is 0.0975. The van der Waals surface area contributed by atoms with Gasteiger partial charge in [-0.15, -0.1) is 0 Å². The van der Waals surface area contributed by atoms with Crippen LogP contribution in [-0.4, -0.2) is 42.0 Å². The maximum absolute atomic E-state index is 13.4. The predicted molar refractivity (Wildman–Crippen MR) is 135 cm³/mol. The number of benzene rings is 2. The van der Waals surface area contributed by atoms with Crippen LogP contribution in [-0.2, 0) is 5.41 Å². The van der Waals surface area contributed by atoms with E-state index in [4.69, 9.17) is 23.2 Å². The molecule has 1 saturated heterocycles. The minimum atomic E-state index is -0.0601. The zero-order valence-electron chi connectivity index (χ0n) is 18.3. The fourth-order valence-corrected chi connectivity index (χ4v) is 5.45. The normalized spacial score (nSPS) is 20.5. The Morgan fingerprint density at radius 1 is 1.06 bits per heavy atom. The summed E-state index contributed by atoms with van der Waals surface area (Å²) in [6.45, 7) is 3.54. The van der Waals surface area contributed by atoms with Crippen LogP contribution in [0.25, 0.3) is 6.08 Å². The maximum Gasteiger partial charge on any atom is 0.258 e. The molecule has 2 aliphatic rings. The van der Waals surface area contributed by atoms with E-state index in [1.807, 2.05) is 35.2 Å². The van der Waals surface area contributed by atoms with E-state index in [2.05, 4.69) is 40.2 Å². The molecule has 0 radical (unpaired) electrons. The van der Waals surface area contributed by atoms with Crippen LogP contribution in [0.5, 0.6) is 0 Å². The van der Waals surface area contributed by atoms with Crippen LogP contribution in [0.2, 0.25) is 10.2 Å². The highest BCUT2D eigenvalue weighted by Gasteiger charge is 2.46. The molecule has 6 heteroatoms. The first kappa shape index (κ1) is 22.1. The van der Waals surface area contributed by atoms with Crippen LogP contribution in [0.1, 0.15) is 34.3 Å². The Balaban J connectivity index is 1.36. The number of hydrogen-bond donors (Lipinski definition) is 0. The molecule has 0 aliphatic carbocycles. The summed E-state index contributed by atoms with van der Waals surface area (Å²) < 4.78 is 0. The molecule has 0 N–H and O–H groups in total. The van der Waals surface area contributed by atoms with E-state index >= 15 is 0 Å². The third-order valence-corrected chi connectivity index (χ3v) is 7.10. The van der Waals surface area contributed by atoms with E-state index in [1.165, 1.54) is 5.56 Å². The Labute approximate surface area is 204 Å². The van der Waals surface area contributed by atoms with Gasteiger partial charge in [-0.3, -0.25) is 9.69 Å². The van der Waals surface area contributed by atoms with Crippen LogP contribution in [0, 0.1) is 0 Å². The maximum atomic E-state index is 13.4. The minimum Gasteiger partial charge on any atom is -0.307 e. The zero-order chi connectivity index (χ0) is 22.8. The van der Waals surface area contributed by atoms with E-state index in [0.717, 1.165) is 48.7 Å². The standard InChI is InChI=1S/C27H25Cl2N3O/c28-22-10-8-20(9-11-22)5-3-15-31-16-4-13-27(18-31)19-32(24-7-2-1-6-23(24)27)26(33)21-12-14-30-25(29)17-21/h1-3,5-12,14,17H,4,13,15-16,18-19H2/b5-3+. The Bertz CT molecular complexity index is 1190. The van der Waals surface area contributed by atoms with Crippen molar-refractivity contribution in [3.8, 4) is 0 Å². The SMILES string of the molecule is O=C(c1ccnc(Cl)c1)N1CC2(CCCN(C/C=C/c3ccc(Cl)cc3)C2)c2ccccc21. The van der Waals surface area contributed by atoms with Crippen molar-refractivity contribution in [2.45, 2.75) is 18.3 Å². The van der Waals surface area contributed by atoms with E-state index in [-0.39, 0.29) is 11.3 Å². The van der Waals surface area contributed by atoms with Crippen LogP contribution in [0.4, 0.5) is 5.69 Å². The Hall–Kier alpha value is -2.66. The van der Waals surface area contributed by atoms with Crippen molar-refractivity contribution in [2.24, 2.45) is 0 Å². The molecule has 2 aromatic carbocycles. The Morgan fingerprint density at radius 3 is 2.70 bits per heavy atom. The van der Waals surface area contributed by atoms with Gasteiger partial charge in [0.05, 0.1) is 0 Å². The minimum absolute atomic E-state index is 0.0246. The Kier molecular flexibility index (Phi) is 6.24. The topological polar surface area (TPSA) is 36.4 Å². The van der Waals surface area contributed by atoms with Crippen molar-refractivity contribution >= 4 is 40.9 Å². The first-order valence-corrected chi connectivity index (χ1v) is 12.0. The quantitative estimate of drug-likeness (QED) is 0.426. The van der Waals surface area contributed by atoms with Crippen LogP contribution in [0.15, 0.2) is 72.9 Å². The second-order valence-corrected chi connectivity index (χ2v) is 9.67. The number of carbonyl (C=O) groups is 1.